The zero-order valence-corrected chi connectivity index (χ0v) is 8.88. The first-order valence-corrected chi connectivity index (χ1v) is 4.42. The van der Waals surface area contributed by atoms with Gasteiger partial charge in [0.05, 0.1) is 12.7 Å². The zero-order valence-electron chi connectivity index (χ0n) is 8.88. The van der Waals surface area contributed by atoms with E-state index in [1.165, 1.54) is 0 Å². The molecule has 0 aliphatic heterocycles. The molecule has 0 N–H and O–H groups in total. The van der Waals surface area contributed by atoms with Crippen molar-refractivity contribution >= 4 is 11.9 Å². The van der Waals surface area contributed by atoms with Crippen LogP contribution in [0.4, 0.5) is 17.6 Å². The Bertz CT molecular complexity index is 481. The summed E-state index contributed by atoms with van der Waals surface area (Å²) in [5.41, 5.74) is -1.21. The van der Waals surface area contributed by atoms with Crippen molar-refractivity contribution in [3.8, 4) is 5.75 Å². The molecule has 4 nitrogen and oxygen atoms in total. The molecule has 0 atom stereocenters. The number of rotatable bonds is 1. The molecule has 0 radical (unpaired) electrons. The van der Waals surface area contributed by atoms with E-state index in [2.05, 4.69) is 9.47 Å². The van der Waals surface area contributed by atoms with Gasteiger partial charge in [-0.15, -0.1) is 0 Å². The molecule has 0 fully saturated rings. The van der Waals surface area contributed by atoms with Crippen LogP contribution in [0.2, 0.25) is 0 Å². The van der Waals surface area contributed by atoms with Crippen LogP contribution >= 0.6 is 0 Å². The predicted molar refractivity (Wildman–Crippen MR) is 49.1 cm³/mol. The van der Waals surface area contributed by atoms with E-state index in [0.29, 0.717) is 12.1 Å². The van der Waals surface area contributed by atoms with Crippen LogP contribution in [0.5, 0.6) is 5.75 Å². The van der Waals surface area contributed by atoms with Crippen LogP contribution in [0.15, 0.2) is 18.2 Å². The van der Waals surface area contributed by atoms with Crippen molar-refractivity contribution in [2.45, 2.75) is 6.18 Å². The number of carbonyl (C=O) groups excluding carboxylic acids is 2. The molecule has 98 valence electrons. The van der Waals surface area contributed by atoms with Crippen LogP contribution in [0.3, 0.4) is 0 Å². The van der Waals surface area contributed by atoms with E-state index >= 15 is 0 Å². The first-order chi connectivity index (χ1) is 8.25. The van der Waals surface area contributed by atoms with Crippen LogP contribution in [0, 0.1) is 5.82 Å². The summed E-state index contributed by atoms with van der Waals surface area (Å²) in [6, 6.07) is 1.23. The summed E-state index contributed by atoms with van der Waals surface area (Å²) < 4.78 is 58.1. The highest BCUT2D eigenvalue weighted by molar-refractivity contribution is 6.30. The lowest BCUT2D eigenvalue weighted by molar-refractivity contribution is -0.160. The van der Waals surface area contributed by atoms with E-state index in [9.17, 15) is 27.2 Å². The molecule has 0 heterocycles. The molecular formula is C10H6F4O4. The molecule has 0 aliphatic rings. The molecule has 0 amide bonds. The normalized spacial score (nSPS) is 10.9. The molecule has 1 aromatic rings. The lowest BCUT2D eigenvalue weighted by Gasteiger charge is -2.09. The smallest absolute Gasteiger partial charge is 0.422 e. The standard InChI is InChI=1S/C10H6F4O4/c1-17-8(15)9(16)18-7-4-5(10(12,13)14)2-3-6(7)11/h2-4H,1H3. The Morgan fingerprint density at radius 3 is 2.28 bits per heavy atom. The lowest BCUT2D eigenvalue weighted by atomic mass is 10.2. The predicted octanol–water partition coefficient (Wildman–Crippen LogP) is 1.92. The average molecular weight is 266 g/mol. The topological polar surface area (TPSA) is 52.6 Å². The molecule has 0 unspecified atom stereocenters. The molecule has 0 bridgehead atoms. The van der Waals surface area contributed by atoms with Crippen molar-refractivity contribution in [1.29, 1.82) is 0 Å². The minimum absolute atomic E-state index is 0.274. The third-order valence-electron chi connectivity index (χ3n) is 1.81. The highest BCUT2D eigenvalue weighted by Crippen LogP contribution is 2.32. The van der Waals surface area contributed by atoms with Crippen molar-refractivity contribution in [1.82, 2.24) is 0 Å². The number of hydrogen-bond donors (Lipinski definition) is 0. The molecular weight excluding hydrogens is 260 g/mol. The van der Waals surface area contributed by atoms with E-state index in [-0.39, 0.29) is 6.07 Å². The summed E-state index contributed by atoms with van der Waals surface area (Å²) in [5.74, 6) is -5.27. The number of alkyl halides is 3. The largest absolute Gasteiger partial charge is 0.461 e. The molecule has 0 saturated heterocycles. The number of ether oxygens (including phenoxy) is 2. The summed E-state index contributed by atoms with van der Waals surface area (Å²) in [4.78, 5) is 21.6. The van der Waals surface area contributed by atoms with Gasteiger partial charge in [0, 0.05) is 0 Å². The Morgan fingerprint density at radius 1 is 1.17 bits per heavy atom. The molecule has 0 saturated carbocycles. The maximum Gasteiger partial charge on any atom is 0.422 e. The fraction of sp³-hybridized carbons (Fsp3) is 0.200. The maximum atomic E-state index is 13.1. The fourth-order valence-electron chi connectivity index (χ4n) is 0.983. The second-order valence-electron chi connectivity index (χ2n) is 3.02. The Hall–Kier alpha value is -2.12. The number of halogens is 4. The average Bonchev–Trinajstić information content (AvgIpc) is 2.29. The van der Waals surface area contributed by atoms with Gasteiger partial charge in [-0.25, -0.2) is 14.0 Å². The third-order valence-corrected chi connectivity index (χ3v) is 1.81. The lowest BCUT2D eigenvalue weighted by Crippen LogP contribution is -2.22. The van der Waals surface area contributed by atoms with Gasteiger partial charge in [0.1, 0.15) is 0 Å². The van der Waals surface area contributed by atoms with Crippen molar-refractivity contribution in [2.24, 2.45) is 0 Å². The molecule has 8 heteroatoms. The van der Waals surface area contributed by atoms with Gasteiger partial charge >= 0.3 is 18.1 Å². The second kappa shape index (κ2) is 5.03. The Kier molecular flexibility index (Phi) is 3.89. The van der Waals surface area contributed by atoms with Crippen molar-refractivity contribution in [3.05, 3.63) is 29.6 Å². The van der Waals surface area contributed by atoms with Gasteiger partial charge < -0.3 is 9.47 Å². The van der Waals surface area contributed by atoms with Gasteiger partial charge in [-0.2, -0.15) is 13.2 Å². The van der Waals surface area contributed by atoms with E-state index in [1.54, 1.807) is 0 Å². The minimum Gasteiger partial charge on any atom is -0.461 e. The number of esters is 2. The minimum atomic E-state index is -4.72. The highest BCUT2D eigenvalue weighted by atomic mass is 19.4. The van der Waals surface area contributed by atoms with E-state index in [0.717, 1.165) is 7.11 Å². The van der Waals surface area contributed by atoms with Crippen LogP contribution in [-0.2, 0) is 20.5 Å². The van der Waals surface area contributed by atoms with Crippen LogP contribution < -0.4 is 4.74 Å². The Balaban J connectivity index is 3.02. The summed E-state index contributed by atoms with van der Waals surface area (Å²) in [5, 5.41) is 0. The fourth-order valence-corrected chi connectivity index (χ4v) is 0.983. The summed E-state index contributed by atoms with van der Waals surface area (Å²) in [6.07, 6.45) is -4.72. The Morgan fingerprint density at radius 2 is 1.78 bits per heavy atom. The monoisotopic (exact) mass is 266 g/mol. The maximum absolute atomic E-state index is 13.1. The van der Waals surface area contributed by atoms with Crippen molar-refractivity contribution in [2.75, 3.05) is 7.11 Å². The zero-order chi connectivity index (χ0) is 13.9. The molecule has 1 aromatic carbocycles. The van der Waals surface area contributed by atoms with E-state index in [1.807, 2.05) is 0 Å². The summed E-state index contributed by atoms with van der Waals surface area (Å²) >= 11 is 0. The van der Waals surface area contributed by atoms with Gasteiger partial charge in [-0.1, -0.05) is 0 Å². The number of methoxy groups -OCH3 is 1. The first kappa shape index (κ1) is 13.9. The van der Waals surface area contributed by atoms with Crippen molar-refractivity contribution in [3.63, 3.8) is 0 Å². The second-order valence-corrected chi connectivity index (χ2v) is 3.02. The van der Waals surface area contributed by atoms with Gasteiger partial charge in [0.2, 0.25) is 0 Å². The van der Waals surface area contributed by atoms with Crippen LogP contribution in [-0.4, -0.2) is 19.0 Å². The quantitative estimate of drug-likeness (QED) is 0.337. The number of carbonyl (C=O) groups is 2. The van der Waals surface area contributed by atoms with Crippen molar-refractivity contribution < 1.29 is 36.6 Å². The third kappa shape index (κ3) is 3.19. The molecule has 0 aliphatic carbocycles. The Labute approximate surface area is 98.1 Å². The number of hydrogen-bond acceptors (Lipinski definition) is 4. The van der Waals surface area contributed by atoms with Crippen LogP contribution in [0.1, 0.15) is 5.56 Å². The highest BCUT2D eigenvalue weighted by Gasteiger charge is 2.32. The summed E-state index contributed by atoms with van der Waals surface area (Å²) in [7, 11) is 0.867. The molecule has 0 aromatic heterocycles. The van der Waals surface area contributed by atoms with Crippen LogP contribution in [0.25, 0.3) is 0 Å². The van der Waals surface area contributed by atoms with Gasteiger partial charge in [0.25, 0.3) is 0 Å². The van der Waals surface area contributed by atoms with Gasteiger partial charge in [-0.05, 0) is 18.2 Å². The van der Waals surface area contributed by atoms with Gasteiger partial charge in [0.15, 0.2) is 11.6 Å². The first-order valence-electron chi connectivity index (χ1n) is 4.42. The van der Waals surface area contributed by atoms with E-state index < -0.39 is 35.2 Å². The molecule has 1 rings (SSSR count). The molecule has 0 spiro atoms. The number of benzene rings is 1. The molecule has 18 heavy (non-hydrogen) atoms. The van der Waals surface area contributed by atoms with E-state index in [4.69, 9.17) is 0 Å². The SMILES string of the molecule is COC(=O)C(=O)Oc1cc(C(F)(F)F)ccc1F. The summed E-state index contributed by atoms with van der Waals surface area (Å²) in [6.45, 7) is 0. The van der Waals surface area contributed by atoms with Gasteiger partial charge in [-0.3, -0.25) is 0 Å².